The molecule has 0 bridgehead atoms. The molecule has 0 radical (unpaired) electrons. The standard InChI is InChI=1S/C21H25N5O6S/c1-13-3-2-4-16(11-13)33(31,32)26-17(21(29)30)12-25-18(27)9-10-24-20(28)15-7-5-14(6-8-15)19(22)23/h2-8,11,17,26H,9-10,12H2,1H3,(H3,22,23)(H,24,28)(H,25,27)(H,29,30)/t17-/m0/s1. The number of carboxylic acid groups (broad SMARTS) is 1. The molecule has 2 rings (SSSR count). The fourth-order valence-corrected chi connectivity index (χ4v) is 4.01. The molecule has 7 N–H and O–H groups in total. The number of hydrogen-bond donors (Lipinski definition) is 6. The number of amides is 2. The van der Waals surface area contributed by atoms with Gasteiger partial charge in [0.1, 0.15) is 11.9 Å². The summed E-state index contributed by atoms with van der Waals surface area (Å²) in [6.45, 7) is 1.21. The van der Waals surface area contributed by atoms with Gasteiger partial charge in [0.2, 0.25) is 15.9 Å². The van der Waals surface area contributed by atoms with Crippen LogP contribution in [0.25, 0.3) is 0 Å². The largest absolute Gasteiger partial charge is 0.480 e. The van der Waals surface area contributed by atoms with Crippen molar-refractivity contribution in [2.75, 3.05) is 13.1 Å². The Kier molecular flexibility index (Phi) is 8.65. The summed E-state index contributed by atoms with van der Waals surface area (Å²) in [5.74, 6) is -2.58. The van der Waals surface area contributed by atoms with E-state index in [1.54, 1.807) is 13.0 Å². The van der Waals surface area contributed by atoms with Gasteiger partial charge in [-0.05, 0) is 36.8 Å². The van der Waals surface area contributed by atoms with Crippen LogP contribution in [0.2, 0.25) is 0 Å². The van der Waals surface area contributed by atoms with Gasteiger partial charge in [-0.1, -0.05) is 24.3 Å². The summed E-state index contributed by atoms with van der Waals surface area (Å²) in [7, 11) is -4.10. The van der Waals surface area contributed by atoms with E-state index in [9.17, 15) is 27.9 Å². The van der Waals surface area contributed by atoms with Crippen molar-refractivity contribution in [2.45, 2.75) is 24.3 Å². The normalized spacial score (nSPS) is 11.9. The molecular weight excluding hydrogens is 450 g/mol. The molecule has 1 atom stereocenters. The molecule has 0 heterocycles. The fraction of sp³-hybridized carbons (Fsp3) is 0.238. The second kappa shape index (κ2) is 11.2. The molecule has 0 aliphatic rings. The summed E-state index contributed by atoms with van der Waals surface area (Å²) in [6, 6.07) is 10.4. The van der Waals surface area contributed by atoms with Crippen molar-refractivity contribution in [3.63, 3.8) is 0 Å². The lowest BCUT2D eigenvalue weighted by Gasteiger charge is -2.16. The summed E-state index contributed by atoms with van der Waals surface area (Å²) in [6.07, 6.45) is -0.145. The minimum absolute atomic E-state index is 0.0219. The highest BCUT2D eigenvalue weighted by atomic mass is 32.2. The van der Waals surface area contributed by atoms with Gasteiger partial charge < -0.3 is 21.5 Å². The predicted octanol–water partition coefficient (Wildman–Crippen LogP) is -0.0531. The van der Waals surface area contributed by atoms with Gasteiger partial charge >= 0.3 is 5.97 Å². The molecule has 0 aliphatic carbocycles. The molecule has 176 valence electrons. The maximum absolute atomic E-state index is 12.4. The predicted molar refractivity (Wildman–Crippen MR) is 120 cm³/mol. The zero-order valence-electron chi connectivity index (χ0n) is 17.8. The van der Waals surface area contributed by atoms with Gasteiger partial charge in [0, 0.05) is 30.6 Å². The number of carbonyl (C=O) groups is 3. The molecule has 0 saturated heterocycles. The van der Waals surface area contributed by atoms with Gasteiger partial charge in [-0.15, -0.1) is 0 Å². The molecule has 0 spiro atoms. The van der Waals surface area contributed by atoms with E-state index >= 15 is 0 Å². The molecule has 33 heavy (non-hydrogen) atoms. The lowest BCUT2D eigenvalue weighted by molar-refractivity contribution is -0.138. The number of carboxylic acids is 1. The minimum Gasteiger partial charge on any atom is -0.480 e. The van der Waals surface area contributed by atoms with E-state index in [0.717, 1.165) is 0 Å². The van der Waals surface area contributed by atoms with Crippen LogP contribution in [0, 0.1) is 12.3 Å². The van der Waals surface area contributed by atoms with Gasteiger partial charge in [-0.2, -0.15) is 4.72 Å². The van der Waals surface area contributed by atoms with E-state index in [1.165, 1.54) is 42.5 Å². The Morgan fingerprint density at radius 2 is 1.70 bits per heavy atom. The zero-order valence-corrected chi connectivity index (χ0v) is 18.6. The van der Waals surface area contributed by atoms with E-state index in [2.05, 4.69) is 15.4 Å². The van der Waals surface area contributed by atoms with Crippen LogP contribution in [0.1, 0.15) is 27.9 Å². The number of sulfonamides is 1. The molecule has 2 aromatic carbocycles. The number of aryl methyl sites for hydroxylation is 1. The first-order valence-electron chi connectivity index (χ1n) is 9.81. The molecule has 2 amide bonds. The number of hydrogen-bond acceptors (Lipinski definition) is 6. The van der Waals surface area contributed by atoms with Crippen LogP contribution in [0.5, 0.6) is 0 Å². The summed E-state index contributed by atoms with van der Waals surface area (Å²) in [5, 5.41) is 21.5. The molecule has 2 aromatic rings. The first kappa shape index (κ1) is 25.5. The monoisotopic (exact) mass is 475 g/mol. The molecule has 0 aliphatic heterocycles. The number of rotatable bonds is 11. The van der Waals surface area contributed by atoms with E-state index in [4.69, 9.17) is 11.1 Å². The maximum atomic E-state index is 12.4. The third-order valence-corrected chi connectivity index (χ3v) is 5.96. The van der Waals surface area contributed by atoms with Crippen LogP contribution in [-0.2, 0) is 19.6 Å². The van der Waals surface area contributed by atoms with Gasteiger partial charge in [0.25, 0.3) is 5.91 Å². The summed E-state index contributed by atoms with van der Waals surface area (Å²) in [5.41, 5.74) is 6.83. The third-order valence-electron chi connectivity index (χ3n) is 4.49. The Labute approximate surface area is 190 Å². The molecule has 12 heteroatoms. The number of amidine groups is 1. The summed E-state index contributed by atoms with van der Waals surface area (Å²) >= 11 is 0. The van der Waals surface area contributed by atoms with Crippen LogP contribution in [0.15, 0.2) is 53.4 Å². The average Bonchev–Trinajstić information content (AvgIpc) is 2.76. The second-order valence-corrected chi connectivity index (χ2v) is 8.84. The first-order chi connectivity index (χ1) is 15.5. The van der Waals surface area contributed by atoms with Crippen molar-refractivity contribution in [3.05, 3.63) is 65.2 Å². The third kappa shape index (κ3) is 7.70. The Morgan fingerprint density at radius 3 is 2.27 bits per heavy atom. The molecular formula is C21H25N5O6S. The lowest BCUT2D eigenvalue weighted by atomic mass is 10.1. The van der Waals surface area contributed by atoms with Crippen molar-refractivity contribution >= 4 is 33.6 Å². The minimum atomic E-state index is -4.10. The highest BCUT2D eigenvalue weighted by Gasteiger charge is 2.26. The highest BCUT2D eigenvalue weighted by Crippen LogP contribution is 2.11. The molecule has 0 saturated carbocycles. The number of carbonyl (C=O) groups excluding carboxylic acids is 2. The van der Waals surface area contributed by atoms with Gasteiger partial charge in [0.05, 0.1) is 4.90 Å². The average molecular weight is 476 g/mol. The van der Waals surface area contributed by atoms with E-state index < -0.39 is 40.4 Å². The van der Waals surface area contributed by atoms with Crippen LogP contribution >= 0.6 is 0 Å². The topological polar surface area (TPSA) is 192 Å². The molecule has 11 nitrogen and oxygen atoms in total. The van der Waals surface area contributed by atoms with Crippen molar-refractivity contribution in [2.24, 2.45) is 5.73 Å². The first-order valence-corrected chi connectivity index (χ1v) is 11.3. The van der Waals surface area contributed by atoms with E-state index in [0.29, 0.717) is 16.7 Å². The Hall–Kier alpha value is -3.77. The van der Waals surface area contributed by atoms with Gasteiger partial charge in [0.15, 0.2) is 0 Å². The van der Waals surface area contributed by atoms with E-state index in [-0.39, 0.29) is 23.7 Å². The smallest absolute Gasteiger partial charge is 0.323 e. The van der Waals surface area contributed by atoms with Gasteiger partial charge in [-0.3, -0.25) is 19.8 Å². The fourth-order valence-electron chi connectivity index (χ4n) is 2.71. The van der Waals surface area contributed by atoms with Crippen molar-refractivity contribution in [1.82, 2.24) is 15.4 Å². The molecule has 0 fully saturated rings. The number of nitrogen functional groups attached to an aromatic ring is 1. The number of nitrogens with one attached hydrogen (secondary N) is 4. The Morgan fingerprint density at radius 1 is 1.06 bits per heavy atom. The summed E-state index contributed by atoms with van der Waals surface area (Å²) < 4.78 is 26.9. The quantitative estimate of drug-likeness (QED) is 0.194. The number of aliphatic carboxylic acids is 1. The van der Waals surface area contributed by atoms with Gasteiger partial charge in [-0.25, -0.2) is 8.42 Å². The van der Waals surface area contributed by atoms with Crippen LogP contribution in [0.3, 0.4) is 0 Å². The molecule has 0 unspecified atom stereocenters. The summed E-state index contributed by atoms with van der Waals surface area (Å²) in [4.78, 5) is 35.5. The Balaban J connectivity index is 1.84. The lowest BCUT2D eigenvalue weighted by Crippen LogP contribution is -2.48. The molecule has 0 aromatic heterocycles. The SMILES string of the molecule is Cc1cccc(S(=O)(=O)N[C@@H](CNC(=O)CCNC(=O)c2ccc(C(=N)N)cc2)C(=O)O)c1. The maximum Gasteiger partial charge on any atom is 0.323 e. The highest BCUT2D eigenvalue weighted by molar-refractivity contribution is 7.89. The van der Waals surface area contributed by atoms with Crippen LogP contribution < -0.4 is 21.1 Å². The zero-order chi connectivity index (χ0) is 24.6. The number of nitrogens with two attached hydrogens (primary N) is 1. The van der Waals surface area contributed by atoms with Crippen molar-refractivity contribution in [1.29, 1.82) is 5.41 Å². The Bertz CT molecular complexity index is 1150. The van der Waals surface area contributed by atoms with Crippen molar-refractivity contribution in [3.8, 4) is 0 Å². The second-order valence-electron chi connectivity index (χ2n) is 7.13. The van der Waals surface area contributed by atoms with Crippen molar-refractivity contribution < 1.29 is 27.9 Å². The van der Waals surface area contributed by atoms with Crippen LogP contribution in [0.4, 0.5) is 0 Å². The van der Waals surface area contributed by atoms with Crippen LogP contribution in [-0.4, -0.2) is 56.3 Å². The number of benzene rings is 2. The van der Waals surface area contributed by atoms with E-state index in [1.807, 2.05) is 0 Å².